The number of carbonyl (C=O) groups excluding carboxylic acids is 1. The molecule has 4 heteroatoms. The van der Waals surface area contributed by atoms with Gasteiger partial charge in [-0.2, -0.15) is 0 Å². The molecule has 1 fully saturated rings. The SMILES string of the molecule is CC(C)(C)CC(N)CC(=O)NC1CCN(C(C)(C)C)CC1. The lowest BCUT2D eigenvalue weighted by molar-refractivity contribution is -0.122. The summed E-state index contributed by atoms with van der Waals surface area (Å²) in [4.78, 5) is 14.6. The molecule has 124 valence electrons. The zero-order valence-corrected chi connectivity index (χ0v) is 14.8. The third-order valence-corrected chi connectivity index (χ3v) is 4.13. The molecule has 1 unspecified atom stereocenters. The van der Waals surface area contributed by atoms with Crippen molar-refractivity contribution in [2.75, 3.05) is 13.1 Å². The van der Waals surface area contributed by atoms with Crippen molar-refractivity contribution in [3.05, 3.63) is 0 Å². The molecule has 1 rings (SSSR count). The maximum Gasteiger partial charge on any atom is 0.221 e. The van der Waals surface area contributed by atoms with E-state index in [1.807, 2.05) is 0 Å². The lowest BCUT2D eigenvalue weighted by Crippen LogP contribution is -2.51. The van der Waals surface area contributed by atoms with Crippen molar-refractivity contribution in [2.24, 2.45) is 11.1 Å². The van der Waals surface area contributed by atoms with Gasteiger partial charge in [0.25, 0.3) is 0 Å². The van der Waals surface area contributed by atoms with Crippen LogP contribution in [-0.2, 0) is 4.79 Å². The van der Waals surface area contributed by atoms with Gasteiger partial charge in [-0.25, -0.2) is 0 Å². The molecule has 3 N–H and O–H groups in total. The molecule has 0 aromatic heterocycles. The van der Waals surface area contributed by atoms with E-state index in [0.717, 1.165) is 32.4 Å². The maximum atomic E-state index is 12.1. The van der Waals surface area contributed by atoms with E-state index in [9.17, 15) is 4.79 Å². The molecule has 0 aromatic rings. The Morgan fingerprint density at radius 3 is 2.14 bits per heavy atom. The number of hydrogen-bond donors (Lipinski definition) is 2. The highest BCUT2D eigenvalue weighted by molar-refractivity contribution is 5.76. The van der Waals surface area contributed by atoms with Gasteiger partial charge >= 0.3 is 0 Å². The van der Waals surface area contributed by atoms with Gasteiger partial charge in [0.2, 0.25) is 5.91 Å². The van der Waals surface area contributed by atoms with E-state index in [1.165, 1.54) is 0 Å². The average molecular weight is 297 g/mol. The molecule has 0 saturated carbocycles. The summed E-state index contributed by atoms with van der Waals surface area (Å²) < 4.78 is 0. The van der Waals surface area contributed by atoms with Crippen LogP contribution in [-0.4, -0.2) is 41.5 Å². The van der Waals surface area contributed by atoms with Gasteiger partial charge in [-0.15, -0.1) is 0 Å². The standard InChI is InChI=1S/C17H35N3O/c1-16(2,3)12-13(18)11-15(21)19-14-7-9-20(10-8-14)17(4,5)6/h13-14H,7-12,18H2,1-6H3,(H,19,21). The molecule has 4 nitrogen and oxygen atoms in total. The number of amides is 1. The van der Waals surface area contributed by atoms with Gasteiger partial charge in [0, 0.05) is 37.1 Å². The molecule has 1 saturated heterocycles. The molecule has 0 bridgehead atoms. The minimum absolute atomic E-state index is 0.0420. The van der Waals surface area contributed by atoms with Crippen LogP contribution in [0.1, 0.15) is 67.2 Å². The summed E-state index contributed by atoms with van der Waals surface area (Å²) >= 11 is 0. The van der Waals surface area contributed by atoms with Crippen molar-refractivity contribution in [3.8, 4) is 0 Å². The molecule has 1 heterocycles. The Labute approximate surface area is 130 Å². The number of nitrogens with zero attached hydrogens (tertiary/aromatic N) is 1. The second-order valence-corrected chi connectivity index (χ2v) is 8.73. The summed E-state index contributed by atoms with van der Waals surface area (Å²) in [6.45, 7) is 15.3. The first-order valence-corrected chi connectivity index (χ1v) is 8.27. The summed E-state index contributed by atoms with van der Waals surface area (Å²) in [6.07, 6.45) is 3.40. The van der Waals surface area contributed by atoms with E-state index < -0.39 is 0 Å². The minimum atomic E-state index is -0.0420. The fourth-order valence-electron chi connectivity index (χ4n) is 3.08. The van der Waals surface area contributed by atoms with Gasteiger partial charge in [-0.1, -0.05) is 20.8 Å². The first-order valence-electron chi connectivity index (χ1n) is 8.27. The number of nitrogens with two attached hydrogens (primary N) is 1. The van der Waals surface area contributed by atoms with Crippen molar-refractivity contribution < 1.29 is 4.79 Å². The average Bonchev–Trinajstić information content (AvgIpc) is 2.25. The van der Waals surface area contributed by atoms with E-state index in [1.54, 1.807) is 0 Å². The third-order valence-electron chi connectivity index (χ3n) is 4.13. The molecule has 1 atom stereocenters. The van der Waals surface area contributed by atoms with E-state index in [-0.39, 0.29) is 22.9 Å². The van der Waals surface area contributed by atoms with Crippen LogP contribution in [0, 0.1) is 5.41 Å². The molecular formula is C17H35N3O. The fraction of sp³-hybridized carbons (Fsp3) is 0.941. The molecule has 1 aliphatic rings. The predicted octanol–water partition coefficient (Wildman–Crippen LogP) is 2.52. The summed E-state index contributed by atoms with van der Waals surface area (Å²) in [5.74, 6) is 0.112. The molecular weight excluding hydrogens is 262 g/mol. The van der Waals surface area contributed by atoms with Crippen molar-refractivity contribution in [1.29, 1.82) is 0 Å². The highest BCUT2D eigenvalue weighted by Gasteiger charge is 2.28. The van der Waals surface area contributed by atoms with Gasteiger partial charge in [0.05, 0.1) is 0 Å². The topological polar surface area (TPSA) is 58.4 Å². The second-order valence-electron chi connectivity index (χ2n) is 8.73. The van der Waals surface area contributed by atoms with Crippen LogP contribution in [0.25, 0.3) is 0 Å². The predicted molar refractivity (Wildman–Crippen MR) is 89.2 cm³/mol. The summed E-state index contributed by atoms with van der Waals surface area (Å²) in [6, 6.07) is 0.276. The van der Waals surface area contributed by atoms with Crippen LogP contribution >= 0.6 is 0 Å². The van der Waals surface area contributed by atoms with Crippen LogP contribution in [0.15, 0.2) is 0 Å². The summed E-state index contributed by atoms with van der Waals surface area (Å²) in [5, 5.41) is 3.16. The zero-order chi connectivity index (χ0) is 16.3. The Balaban J connectivity index is 2.31. The van der Waals surface area contributed by atoms with Crippen molar-refractivity contribution in [3.63, 3.8) is 0 Å². The largest absolute Gasteiger partial charge is 0.353 e. The third kappa shape index (κ3) is 7.28. The molecule has 0 aliphatic carbocycles. The molecule has 1 aliphatic heterocycles. The number of likely N-dealkylation sites (tertiary alicyclic amines) is 1. The Bertz CT molecular complexity index is 333. The van der Waals surface area contributed by atoms with Gasteiger partial charge in [0.15, 0.2) is 0 Å². The Morgan fingerprint density at radius 2 is 1.71 bits per heavy atom. The number of hydrogen-bond acceptors (Lipinski definition) is 3. The van der Waals surface area contributed by atoms with Crippen LogP contribution in [0.2, 0.25) is 0 Å². The smallest absolute Gasteiger partial charge is 0.221 e. The van der Waals surface area contributed by atoms with E-state index in [2.05, 4.69) is 51.8 Å². The highest BCUT2D eigenvalue weighted by Crippen LogP contribution is 2.22. The van der Waals surface area contributed by atoms with Crippen LogP contribution in [0.4, 0.5) is 0 Å². The lowest BCUT2D eigenvalue weighted by Gasteiger charge is -2.41. The molecule has 0 spiro atoms. The zero-order valence-electron chi connectivity index (χ0n) is 14.8. The van der Waals surface area contributed by atoms with Gasteiger partial charge in [0.1, 0.15) is 0 Å². The van der Waals surface area contributed by atoms with Crippen molar-refractivity contribution >= 4 is 5.91 Å². The lowest BCUT2D eigenvalue weighted by atomic mass is 9.87. The Kier molecular flexibility index (Phi) is 6.23. The summed E-state index contributed by atoms with van der Waals surface area (Å²) in [5.41, 5.74) is 6.48. The van der Waals surface area contributed by atoms with Gasteiger partial charge < -0.3 is 11.1 Å². The normalized spacial score (nSPS) is 20.3. The van der Waals surface area contributed by atoms with E-state index >= 15 is 0 Å². The fourth-order valence-corrected chi connectivity index (χ4v) is 3.08. The second kappa shape index (κ2) is 7.10. The monoisotopic (exact) mass is 297 g/mol. The maximum absolute atomic E-state index is 12.1. The number of nitrogens with one attached hydrogen (secondary N) is 1. The first kappa shape index (κ1) is 18.4. The van der Waals surface area contributed by atoms with Gasteiger partial charge in [-0.3, -0.25) is 9.69 Å². The number of piperidine rings is 1. The van der Waals surface area contributed by atoms with Crippen molar-refractivity contribution in [2.45, 2.75) is 84.8 Å². The molecule has 21 heavy (non-hydrogen) atoms. The van der Waals surface area contributed by atoms with Crippen molar-refractivity contribution in [1.82, 2.24) is 10.2 Å². The van der Waals surface area contributed by atoms with Crippen LogP contribution in [0.5, 0.6) is 0 Å². The molecule has 1 amide bonds. The molecule has 0 aromatic carbocycles. The Morgan fingerprint density at radius 1 is 1.19 bits per heavy atom. The Hall–Kier alpha value is -0.610. The van der Waals surface area contributed by atoms with E-state index in [0.29, 0.717) is 12.5 Å². The quantitative estimate of drug-likeness (QED) is 0.838. The van der Waals surface area contributed by atoms with Crippen LogP contribution in [0.3, 0.4) is 0 Å². The minimum Gasteiger partial charge on any atom is -0.353 e. The van der Waals surface area contributed by atoms with E-state index in [4.69, 9.17) is 5.73 Å². The number of carbonyl (C=O) groups is 1. The number of rotatable bonds is 4. The molecule has 0 radical (unpaired) electrons. The van der Waals surface area contributed by atoms with Gasteiger partial charge in [-0.05, 0) is 45.4 Å². The summed E-state index contributed by atoms with van der Waals surface area (Å²) in [7, 11) is 0. The van der Waals surface area contributed by atoms with Crippen LogP contribution < -0.4 is 11.1 Å². The highest BCUT2D eigenvalue weighted by atomic mass is 16.1. The first-order chi connectivity index (χ1) is 9.47.